The van der Waals surface area contributed by atoms with Gasteiger partial charge in [-0.2, -0.15) is 0 Å². The first-order chi connectivity index (χ1) is 11.4. The lowest BCUT2D eigenvalue weighted by Gasteiger charge is -2.34. The molecule has 1 aliphatic heterocycles. The predicted octanol–water partition coefficient (Wildman–Crippen LogP) is 2.37. The largest absolute Gasteiger partial charge is 0.487 e. The molecule has 0 radical (unpaired) electrons. The van der Waals surface area contributed by atoms with Crippen molar-refractivity contribution in [1.82, 2.24) is 0 Å². The summed E-state index contributed by atoms with van der Waals surface area (Å²) in [7, 11) is -3.89. The van der Waals surface area contributed by atoms with Crippen LogP contribution in [-0.4, -0.2) is 27.5 Å². The zero-order valence-electron chi connectivity index (χ0n) is 12.8. The molecule has 0 saturated heterocycles. The van der Waals surface area contributed by atoms with Crippen molar-refractivity contribution in [3.63, 3.8) is 0 Å². The Bertz CT molecular complexity index is 868. The number of sulfonamides is 1. The molecule has 2 aromatic rings. The van der Waals surface area contributed by atoms with Gasteiger partial charge in [0.1, 0.15) is 17.7 Å². The van der Waals surface area contributed by atoms with Crippen molar-refractivity contribution >= 4 is 27.8 Å². The molecule has 126 valence electrons. The molecule has 1 heterocycles. The minimum absolute atomic E-state index is 0.0160. The van der Waals surface area contributed by atoms with Gasteiger partial charge in [0.05, 0.1) is 17.1 Å². The average molecular weight is 350 g/mol. The van der Waals surface area contributed by atoms with E-state index in [-0.39, 0.29) is 17.5 Å². The second-order valence-electron chi connectivity index (χ2n) is 5.36. The molecule has 8 heteroatoms. The first kappa shape index (κ1) is 16.3. The van der Waals surface area contributed by atoms with E-state index in [1.807, 2.05) is 0 Å². The van der Waals surface area contributed by atoms with Crippen LogP contribution >= 0.6 is 0 Å². The van der Waals surface area contributed by atoms with E-state index in [1.54, 1.807) is 19.1 Å². The maximum absolute atomic E-state index is 13.1. The average Bonchev–Trinajstić information content (AvgIpc) is 2.55. The predicted molar refractivity (Wildman–Crippen MR) is 87.2 cm³/mol. The fourth-order valence-corrected chi connectivity index (χ4v) is 4.06. The lowest BCUT2D eigenvalue weighted by atomic mass is 10.2. The van der Waals surface area contributed by atoms with E-state index in [1.165, 1.54) is 22.5 Å². The number of hydrogen-bond acceptors (Lipinski definition) is 4. The molecule has 24 heavy (non-hydrogen) atoms. The molecule has 1 aliphatic rings. The first-order valence-corrected chi connectivity index (χ1v) is 8.65. The van der Waals surface area contributed by atoms with Crippen molar-refractivity contribution < 1.29 is 22.3 Å². The molecule has 1 N–H and O–H groups in total. The van der Waals surface area contributed by atoms with Gasteiger partial charge in [0, 0.05) is 5.69 Å². The number of hydrogen-bond donors (Lipinski definition) is 1. The van der Waals surface area contributed by atoms with Gasteiger partial charge in [-0.15, -0.1) is 0 Å². The van der Waals surface area contributed by atoms with Gasteiger partial charge in [0.15, 0.2) is 0 Å². The molecule has 0 aromatic heterocycles. The van der Waals surface area contributed by atoms with Crippen LogP contribution in [0, 0.1) is 5.82 Å². The summed E-state index contributed by atoms with van der Waals surface area (Å²) in [6.07, 6.45) is 0.157. The monoisotopic (exact) mass is 350 g/mol. The van der Waals surface area contributed by atoms with E-state index < -0.39 is 15.8 Å². The van der Waals surface area contributed by atoms with Gasteiger partial charge in [-0.05, 0) is 49.4 Å². The van der Waals surface area contributed by atoms with E-state index in [9.17, 15) is 17.6 Å². The number of fused-ring (bicyclic) bond motifs is 1. The highest BCUT2D eigenvalue weighted by atomic mass is 32.2. The van der Waals surface area contributed by atoms with E-state index in [0.29, 0.717) is 23.5 Å². The van der Waals surface area contributed by atoms with E-state index in [0.717, 1.165) is 12.1 Å². The van der Waals surface area contributed by atoms with E-state index in [2.05, 4.69) is 5.32 Å². The summed E-state index contributed by atoms with van der Waals surface area (Å²) in [4.78, 5) is 10.6. The number of carbonyl (C=O) groups excluding carboxylic acids is 1. The van der Waals surface area contributed by atoms with E-state index in [4.69, 9.17) is 4.74 Å². The fraction of sp³-hybridized carbons (Fsp3) is 0.188. The van der Waals surface area contributed by atoms with Crippen LogP contribution in [0.3, 0.4) is 0 Å². The van der Waals surface area contributed by atoms with Crippen LogP contribution < -0.4 is 14.4 Å². The first-order valence-electron chi connectivity index (χ1n) is 7.21. The zero-order chi connectivity index (χ0) is 17.3. The van der Waals surface area contributed by atoms with Gasteiger partial charge in [0.25, 0.3) is 10.0 Å². The summed E-state index contributed by atoms with van der Waals surface area (Å²) in [5.41, 5.74) is 0.769. The van der Waals surface area contributed by atoms with Crippen molar-refractivity contribution in [3.05, 3.63) is 48.3 Å². The summed E-state index contributed by atoms with van der Waals surface area (Å²) in [5, 5.41) is 2.48. The Morgan fingerprint density at radius 1 is 1.25 bits per heavy atom. The summed E-state index contributed by atoms with van der Waals surface area (Å²) < 4.78 is 45.8. The maximum Gasteiger partial charge on any atom is 0.264 e. The third-order valence-corrected chi connectivity index (χ3v) is 5.40. The number of benzene rings is 2. The minimum Gasteiger partial charge on any atom is -0.487 e. The summed E-state index contributed by atoms with van der Waals surface area (Å²) in [6, 6.07) is 9.38. The number of nitrogens with zero attached hydrogens (tertiary/aromatic N) is 1. The third kappa shape index (κ3) is 2.92. The van der Waals surface area contributed by atoms with Crippen molar-refractivity contribution in [2.45, 2.75) is 17.9 Å². The SMILES string of the molecule is C[C@H]1CN(S(=O)(=O)c2ccc(F)cc2)c2cc(NC=O)ccc2O1. The highest BCUT2D eigenvalue weighted by molar-refractivity contribution is 7.92. The lowest BCUT2D eigenvalue weighted by molar-refractivity contribution is -0.105. The highest BCUT2D eigenvalue weighted by Crippen LogP contribution is 2.38. The van der Waals surface area contributed by atoms with Gasteiger partial charge >= 0.3 is 0 Å². The Morgan fingerprint density at radius 3 is 2.62 bits per heavy atom. The Balaban J connectivity index is 2.09. The molecule has 0 spiro atoms. The van der Waals surface area contributed by atoms with Crippen LogP contribution in [0.15, 0.2) is 47.4 Å². The Hall–Kier alpha value is -2.61. The zero-order valence-corrected chi connectivity index (χ0v) is 13.6. The van der Waals surface area contributed by atoms with Crippen LogP contribution in [0.2, 0.25) is 0 Å². The lowest BCUT2D eigenvalue weighted by Crippen LogP contribution is -2.42. The molecule has 0 bridgehead atoms. The second kappa shape index (κ2) is 6.12. The molecule has 1 atom stereocenters. The number of ether oxygens (including phenoxy) is 1. The number of halogens is 1. The Labute approximate surface area is 138 Å². The molecule has 0 saturated carbocycles. The highest BCUT2D eigenvalue weighted by Gasteiger charge is 2.33. The number of nitrogens with one attached hydrogen (secondary N) is 1. The molecule has 3 rings (SSSR count). The number of rotatable bonds is 4. The van der Waals surface area contributed by atoms with Gasteiger partial charge in [0.2, 0.25) is 6.41 Å². The van der Waals surface area contributed by atoms with Crippen molar-refractivity contribution in [2.24, 2.45) is 0 Å². The van der Waals surface area contributed by atoms with Crippen molar-refractivity contribution in [1.29, 1.82) is 0 Å². The summed E-state index contributed by atoms with van der Waals surface area (Å²) >= 11 is 0. The Kier molecular flexibility index (Phi) is 4.15. The normalized spacial score (nSPS) is 16.9. The van der Waals surface area contributed by atoms with Crippen LogP contribution in [0.5, 0.6) is 5.75 Å². The molecular weight excluding hydrogens is 335 g/mol. The molecule has 0 unspecified atom stereocenters. The fourth-order valence-electron chi connectivity index (χ4n) is 2.52. The molecular formula is C16H15FN2O4S. The molecule has 0 fully saturated rings. The van der Waals surface area contributed by atoms with Crippen LogP contribution in [0.4, 0.5) is 15.8 Å². The van der Waals surface area contributed by atoms with Crippen molar-refractivity contribution in [3.8, 4) is 5.75 Å². The number of anilines is 2. The standard InChI is InChI=1S/C16H15FN2O4S/c1-11-9-19(24(21,22)14-5-2-12(17)3-6-14)15-8-13(18-10-20)4-7-16(15)23-11/h2-8,10-11H,9H2,1H3,(H,18,20)/t11-/m0/s1. The quantitative estimate of drug-likeness (QED) is 0.859. The topological polar surface area (TPSA) is 75.7 Å². The Morgan fingerprint density at radius 2 is 1.96 bits per heavy atom. The van der Waals surface area contributed by atoms with Gasteiger partial charge in [-0.25, -0.2) is 12.8 Å². The third-order valence-electron chi connectivity index (χ3n) is 3.61. The summed E-state index contributed by atoms with van der Waals surface area (Å²) in [5.74, 6) is -0.113. The number of carbonyl (C=O) groups is 1. The van der Waals surface area contributed by atoms with Crippen molar-refractivity contribution in [2.75, 3.05) is 16.2 Å². The van der Waals surface area contributed by atoms with Gasteiger partial charge in [-0.3, -0.25) is 9.10 Å². The van der Waals surface area contributed by atoms with Crippen LogP contribution in [0.1, 0.15) is 6.92 Å². The smallest absolute Gasteiger partial charge is 0.264 e. The summed E-state index contributed by atoms with van der Waals surface area (Å²) in [6.45, 7) is 1.87. The van der Waals surface area contributed by atoms with E-state index >= 15 is 0 Å². The van der Waals surface area contributed by atoms with Crippen LogP contribution in [0.25, 0.3) is 0 Å². The molecule has 0 aliphatic carbocycles. The van der Waals surface area contributed by atoms with Gasteiger partial charge in [-0.1, -0.05) is 0 Å². The van der Waals surface area contributed by atoms with Crippen LogP contribution in [-0.2, 0) is 14.8 Å². The number of amides is 1. The van der Waals surface area contributed by atoms with Gasteiger partial charge < -0.3 is 10.1 Å². The molecule has 1 amide bonds. The minimum atomic E-state index is -3.89. The maximum atomic E-state index is 13.1. The second-order valence-corrected chi connectivity index (χ2v) is 7.23. The molecule has 2 aromatic carbocycles. The molecule has 6 nitrogen and oxygen atoms in total.